The molecule has 0 aromatic heterocycles. The number of rotatable bonds is 5. The van der Waals surface area contributed by atoms with E-state index in [1.54, 1.807) is 0 Å². The van der Waals surface area contributed by atoms with Gasteiger partial charge >= 0.3 is 0 Å². The Labute approximate surface area is 99.1 Å². The van der Waals surface area contributed by atoms with E-state index in [0.717, 1.165) is 24.3 Å². The van der Waals surface area contributed by atoms with E-state index in [1.807, 2.05) is 25.1 Å². The molecule has 0 aliphatic rings. The Morgan fingerprint density at radius 2 is 2.00 bits per heavy atom. The smallest absolute Gasteiger partial charge is 0.259 e. The maximum absolute atomic E-state index is 10.6. The van der Waals surface area contributed by atoms with Gasteiger partial charge in [-0.15, -0.1) is 0 Å². The second kappa shape index (κ2) is 5.86. The highest BCUT2D eigenvalue weighted by atomic mass is 32.2. The first kappa shape index (κ1) is 13.0. The quantitative estimate of drug-likeness (QED) is 0.779. The van der Waals surface area contributed by atoms with Crippen molar-refractivity contribution < 1.29 is 8.76 Å². The number of aryl methyl sites for hydroxylation is 1. The summed E-state index contributed by atoms with van der Waals surface area (Å²) in [5.41, 5.74) is 2.79. The fraction of sp³-hybridized carbons (Fsp3) is 0.455. The number of nitrogens with one attached hydrogen (secondary N) is 1. The molecule has 1 rings (SSSR count). The first-order valence-corrected chi connectivity index (χ1v) is 6.42. The summed E-state index contributed by atoms with van der Waals surface area (Å²) in [5.74, 6) is 0. The van der Waals surface area contributed by atoms with E-state index >= 15 is 0 Å². The van der Waals surface area contributed by atoms with Crippen LogP contribution in [0, 0.1) is 6.92 Å². The molecular weight excluding hydrogens is 224 g/mol. The summed E-state index contributed by atoms with van der Waals surface area (Å²) in [4.78, 5) is 2.23. The van der Waals surface area contributed by atoms with Gasteiger partial charge < -0.3 is 4.90 Å². The second-order valence-corrected chi connectivity index (χ2v) is 4.23. The lowest BCUT2D eigenvalue weighted by atomic mass is 10.1. The second-order valence-electron chi connectivity index (χ2n) is 3.52. The fourth-order valence-corrected chi connectivity index (χ4v) is 2.06. The van der Waals surface area contributed by atoms with E-state index < -0.39 is 11.3 Å². The van der Waals surface area contributed by atoms with Crippen LogP contribution in [0.4, 0.5) is 11.4 Å². The summed E-state index contributed by atoms with van der Waals surface area (Å²) in [6, 6.07) is 5.80. The van der Waals surface area contributed by atoms with Crippen LogP contribution in [0.25, 0.3) is 0 Å². The summed E-state index contributed by atoms with van der Waals surface area (Å²) in [6.07, 6.45) is 0. The summed E-state index contributed by atoms with van der Waals surface area (Å²) in [7, 11) is 0. The molecule has 5 heteroatoms. The number of hydrogen-bond acceptors (Lipinski definition) is 2. The molecule has 16 heavy (non-hydrogen) atoms. The lowest BCUT2D eigenvalue weighted by Crippen LogP contribution is -2.21. The first-order chi connectivity index (χ1) is 7.58. The third-order valence-corrected chi connectivity index (χ3v) is 2.93. The molecule has 0 spiro atoms. The molecule has 0 amide bonds. The normalized spacial score (nSPS) is 12.2. The van der Waals surface area contributed by atoms with Crippen molar-refractivity contribution in [2.75, 3.05) is 22.7 Å². The average molecular weight is 242 g/mol. The minimum atomic E-state index is -2.01. The Morgan fingerprint density at radius 1 is 1.38 bits per heavy atom. The Hall–Kier alpha value is -1.07. The molecule has 1 atom stereocenters. The zero-order chi connectivity index (χ0) is 12.1. The van der Waals surface area contributed by atoms with Crippen LogP contribution in [-0.2, 0) is 11.3 Å². The van der Waals surface area contributed by atoms with Crippen molar-refractivity contribution in [1.29, 1.82) is 0 Å². The van der Waals surface area contributed by atoms with Crippen LogP contribution in [0.3, 0.4) is 0 Å². The van der Waals surface area contributed by atoms with E-state index in [0.29, 0.717) is 5.69 Å². The number of anilines is 2. The lowest BCUT2D eigenvalue weighted by Gasteiger charge is -2.22. The fourth-order valence-electron chi connectivity index (χ4n) is 1.64. The van der Waals surface area contributed by atoms with Crippen molar-refractivity contribution in [2.24, 2.45) is 0 Å². The lowest BCUT2D eigenvalue weighted by molar-refractivity contribution is 0.570. The highest BCUT2D eigenvalue weighted by Gasteiger charge is 2.05. The summed E-state index contributed by atoms with van der Waals surface area (Å²) >= 11 is -2.01. The van der Waals surface area contributed by atoms with Gasteiger partial charge in [-0.05, 0) is 44.5 Å². The topological polar surface area (TPSA) is 52.6 Å². The highest BCUT2D eigenvalue weighted by Crippen LogP contribution is 2.22. The van der Waals surface area contributed by atoms with E-state index in [9.17, 15) is 4.21 Å². The van der Waals surface area contributed by atoms with Gasteiger partial charge in [0.05, 0.1) is 5.69 Å². The summed E-state index contributed by atoms with van der Waals surface area (Å²) in [5, 5.41) is 0. The van der Waals surface area contributed by atoms with Crippen molar-refractivity contribution in [2.45, 2.75) is 20.8 Å². The third-order valence-electron chi connectivity index (χ3n) is 2.54. The van der Waals surface area contributed by atoms with E-state index in [2.05, 4.69) is 23.5 Å². The van der Waals surface area contributed by atoms with Gasteiger partial charge in [0.25, 0.3) is 11.3 Å². The number of nitrogens with zero attached hydrogens (tertiary/aromatic N) is 1. The van der Waals surface area contributed by atoms with Crippen LogP contribution in [0.15, 0.2) is 18.2 Å². The van der Waals surface area contributed by atoms with Crippen LogP contribution in [-0.4, -0.2) is 21.9 Å². The van der Waals surface area contributed by atoms with Crippen LogP contribution in [0.1, 0.15) is 19.4 Å². The molecule has 4 nitrogen and oxygen atoms in total. The van der Waals surface area contributed by atoms with Gasteiger partial charge in [0.1, 0.15) is 0 Å². The molecule has 0 fully saturated rings. The zero-order valence-electron chi connectivity index (χ0n) is 9.86. The van der Waals surface area contributed by atoms with Crippen molar-refractivity contribution in [3.63, 3.8) is 0 Å². The molecule has 0 aliphatic heterocycles. The molecule has 0 bridgehead atoms. The van der Waals surface area contributed by atoms with Gasteiger partial charge in [0, 0.05) is 18.8 Å². The van der Waals surface area contributed by atoms with E-state index in [4.69, 9.17) is 4.55 Å². The van der Waals surface area contributed by atoms with Gasteiger partial charge in [-0.2, -0.15) is 0 Å². The van der Waals surface area contributed by atoms with E-state index in [-0.39, 0.29) is 0 Å². The molecule has 0 saturated heterocycles. The third kappa shape index (κ3) is 3.21. The predicted molar refractivity (Wildman–Crippen MR) is 69.1 cm³/mol. The average Bonchev–Trinajstić information content (AvgIpc) is 2.23. The molecule has 1 unspecified atom stereocenters. The van der Waals surface area contributed by atoms with Crippen molar-refractivity contribution >= 4 is 22.6 Å². The van der Waals surface area contributed by atoms with Crippen molar-refractivity contribution in [3.8, 4) is 0 Å². The summed E-state index contributed by atoms with van der Waals surface area (Å²) < 4.78 is 21.9. The molecule has 0 aliphatic carbocycles. The summed E-state index contributed by atoms with van der Waals surface area (Å²) in [6.45, 7) is 8.03. The standard InChI is InChI=1S/C11H18N2O2S/c1-4-13(5-2)10-6-7-11(9(3)8-10)12-16(14)15/h6-8,12H,4-5H2,1-3H3,(H,14,15). The molecule has 1 aromatic rings. The molecule has 0 radical (unpaired) electrons. The molecule has 2 N–H and O–H groups in total. The van der Waals surface area contributed by atoms with Gasteiger partial charge in [0.2, 0.25) is 0 Å². The Kier molecular flexibility index (Phi) is 4.76. The number of benzene rings is 1. The first-order valence-electron chi connectivity index (χ1n) is 5.31. The highest BCUT2D eigenvalue weighted by molar-refractivity contribution is 7.80. The SMILES string of the molecule is CCN(CC)c1ccc(NS(=O)O)c(C)c1. The molecule has 0 heterocycles. The largest absolute Gasteiger partial charge is 0.372 e. The molecule has 1 aromatic carbocycles. The predicted octanol–water partition coefficient (Wildman–Crippen LogP) is 2.39. The van der Waals surface area contributed by atoms with E-state index in [1.165, 1.54) is 0 Å². The molecular formula is C11H18N2O2S. The van der Waals surface area contributed by atoms with Gasteiger partial charge in [0.15, 0.2) is 0 Å². The minimum absolute atomic E-state index is 0.691. The van der Waals surface area contributed by atoms with Crippen molar-refractivity contribution in [3.05, 3.63) is 23.8 Å². The minimum Gasteiger partial charge on any atom is -0.372 e. The van der Waals surface area contributed by atoms with Crippen LogP contribution in [0.5, 0.6) is 0 Å². The maximum Gasteiger partial charge on any atom is 0.259 e. The molecule has 0 saturated carbocycles. The molecule has 90 valence electrons. The van der Waals surface area contributed by atoms with Crippen LogP contribution >= 0.6 is 0 Å². The zero-order valence-corrected chi connectivity index (χ0v) is 10.7. The van der Waals surface area contributed by atoms with Crippen LogP contribution in [0.2, 0.25) is 0 Å². The maximum atomic E-state index is 10.6. The Morgan fingerprint density at radius 3 is 2.44 bits per heavy atom. The van der Waals surface area contributed by atoms with Gasteiger partial charge in [-0.25, -0.2) is 4.21 Å². The van der Waals surface area contributed by atoms with Crippen LogP contribution < -0.4 is 9.62 Å². The Balaban J connectivity index is 2.93. The number of hydrogen-bond donors (Lipinski definition) is 2. The Bertz CT molecular complexity index is 378. The van der Waals surface area contributed by atoms with Crippen molar-refractivity contribution in [1.82, 2.24) is 0 Å². The monoisotopic (exact) mass is 242 g/mol. The van der Waals surface area contributed by atoms with Gasteiger partial charge in [-0.3, -0.25) is 9.27 Å². The van der Waals surface area contributed by atoms with Gasteiger partial charge in [-0.1, -0.05) is 0 Å².